The highest BCUT2D eigenvalue weighted by Crippen LogP contribution is 2.62. The molecular formula is C28H34O3. The lowest BCUT2D eigenvalue weighted by Gasteiger charge is -2.57. The molecule has 4 saturated carbocycles. The van der Waals surface area contributed by atoms with Gasteiger partial charge in [-0.1, -0.05) is 30.3 Å². The number of benzene rings is 2. The molecule has 2 aromatic rings. The summed E-state index contributed by atoms with van der Waals surface area (Å²) in [4.78, 5) is 11.6. The molecule has 6 rings (SSSR count). The Morgan fingerprint density at radius 2 is 1.55 bits per heavy atom. The summed E-state index contributed by atoms with van der Waals surface area (Å²) < 4.78 is 10.9. The van der Waals surface area contributed by atoms with Gasteiger partial charge < -0.3 is 9.47 Å². The van der Waals surface area contributed by atoms with Crippen LogP contribution in [0.25, 0.3) is 11.1 Å². The molecule has 2 aromatic carbocycles. The van der Waals surface area contributed by atoms with E-state index >= 15 is 0 Å². The average Bonchev–Trinajstić information content (AvgIpc) is 2.77. The van der Waals surface area contributed by atoms with Gasteiger partial charge in [-0.25, -0.2) is 0 Å². The Morgan fingerprint density at radius 1 is 0.935 bits per heavy atom. The molecule has 0 atom stereocenters. The monoisotopic (exact) mass is 418 g/mol. The second kappa shape index (κ2) is 8.33. The quantitative estimate of drug-likeness (QED) is 0.493. The molecule has 0 aliphatic heterocycles. The summed E-state index contributed by atoms with van der Waals surface area (Å²) in [7, 11) is 1.82. The summed E-state index contributed by atoms with van der Waals surface area (Å²) in [5.41, 5.74) is 5.43. The second-order valence-electron chi connectivity index (χ2n) is 10.1. The molecule has 4 aliphatic rings. The first-order valence-corrected chi connectivity index (χ1v) is 12.0. The minimum atomic E-state index is -0.123. The van der Waals surface area contributed by atoms with Gasteiger partial charge in [-0.3, -0.25) is 4.79 Å². The molecule has 31 heavy (non-hydrogen) atoms. The fourth-order valence-corrected chi connectivity index (χ4v) is 7.09. The van der Waals surface area contributed by atoms with E-state index in [4.69, 9.17) is 9.47 Å². The maximum absolute atomic E-state index is 11.6. The number of ether oxygens (including phenoxy) is 2. The minimum Gasteiger partial charge on any atom is -0.496 e. The standard InChI is InChI=1S/C28H34O3/c1-3-31-27(29)11-6-19-4-7-23(8-5-19)24-9-10-26(30-2)25(15-24)28-16-20-12-21(17-28)14-22(13-20)18-28/h4-5,7-10,15,20-22H,3,6,11-14,16-18H2,1-2H3. The number of hydrogen-bond donors (Lipinski definition) is 0. The number of carbonyl (C=O) groups is 1. The van der Waals surface area contributed by atoms with Crippen molar-refractivity contribution in [3.8, 4) is 16.9 Å². The summed E-state index contributed by atoms with van der Waals surface area (Å²) in [6.45, 7) is 2.29. The van der Waals surface area contributed by atoms with Crippen LogP contribution in [0.3, 0.4) is 0 Å². The normalized spacial score (nSPS) is 28.5. The maximum Gasteiger partial charge on any atom is 0.306 e. The highest BCUT2D eigenvalue weighted by molar-refractivity contribution is 5.70. The zero-order valence-electron chi connectivity index (χ0n) is 18.9. The Balaban J connectivity index is 1.39. The molecule has 0 spiro atoms. The smallest absolute Gasteiger partial charge is 0.306 e. The van der Waals surface area contributed by atoms with Crippen LogP contribution in [-0.2, 0) is 21.4 Å². The molecule has 0 unspecified atom stereocenters. The summed E-state index contributed by atoms with van der Waals surface area (Å²) in [5.74, 6) is 3.69. The first kappa shape index (κ1) is 20.6. The average molecular weight is 419 g/mol. The van der Waals surface area contributed by atoms with Crippen molar-refractivity contribution in [3.05, 3.63) is 53.6 Å². The Morgan fingerprint density at radius 3 is 2.13 bits per heavy atom. The Labute approximate surface area is 186 Å². The van der Waals surface area contributed by atoms with Crippen molar-refractivity contribution >= 4 is 5.97 Å². The van der Waals surface area contributed by atoms with Gasteiger partial charge in [-0.05, 0) is 104 Å². The van der Waals surface area contributed by atoms with Gasteiger partial charge in [0, 0.05) is 12.0 Å². The molecule has 4 aliphatic carbocycles. The highest BCUT2D eigenvalue weighted by atomic mass is 16.5. The molecule has 0 saturated heterocycles. The SMILES string of the molecule is CCOC(=O)CCc1ccc(-c2ccc(OC)c(C34CC5CC(CC(C5)C3)C4)c2)cc1. The largest absolute Gasteiger partial charge is 0.496 e. The van der Waals surface area contributed by atoms with Gasteiger partial charge in [0.2, 0.25) is 0 Å². The summed E-state index contributed by atoms with van der Waals surface area (Å²) >= 11 is 0. The fourth-order valence-electron chi connectivity index (χ4n) is 7.09. The molecule has 0 amide bonds. The van der Waals surface area contributed by atoms with Crippen molar-refractivity contribution in [2.75, 3.05) is 13.7 Å². The van der Waals surface area contributed by atoms with E-state index in [1.165, 1.54) is 60.8 Å². The Kier molecular flexibility index (Phi) is 5.54. The first-order chi connectivity index (χ1) is 15.1. The summed E-state index contributed by atoms with van der Waals surface area (Å²) in [5, 5.41) is 0. The fraction of sp³-hybridized carbons (Fsp3) is 0.536. The van der Waals surface area contributed by atoms with Gasteiger partial charge in [-0.2, -0.15) is 0 Å². The van der Waals surface area contributed by atoms with Gasteiger partial charge in [0.15, 0.2) is 0 Å². The van der Waals surface area contributed by atoms with E-state index in [1.807, 2.05) is 14.0 Å². The third-order valence-corrected chi connectivity index (χ3v) is 8.02. The van der Waals surface area contributed by atoms with E-state index in [0.29, 0.717) is 18.4 Å². The first-order valence-electron chi connectivity index (χ1n) is 12.0. The van der Waals surface area contributed by atoms with Gasteiger partial charge in [0.1, 0.15) is 5.75 Å². The van der Waals surface area contributed by atoms with E-state index in [1.54, 1.807) is 0 Å². The van der Waals surface area contributed by atoms with E-state index in [9.17, 15) is 4.79 Å². The molecule has 4 bridgehead atoms. The van der Waals surface area contributed by atoms with Gasteiger partial charge in [0.05, 0.1) is 13.7 Å². The zero-order valence-corrected chi connectivity index (χ0v) is 18.9. The summed E-state index contributed by atoms with van der Waals surface area (Å²) in [6, 6.07) is 15.4. The zero-order chi connectivity index (χ0) is 21.4. The van der Waals surface area contributed by atoms with Crippen LogP contribution in [0.15, 0.2) is 42.5 Å². The topological polar surface area (TPSA) is 35.5 Å². The van der Waals surface area contributed by atoms with Gasteiger partial charge >= 0.3 is 5.97 Å². The van der Waals surface area contributed by atoms with E-state index in [-0.39, 0.29) is 5.97 Å². The lowest BCUT2D eigenvalue weighted by atomic mass is 9.48. The van der Waals surface area contributed by atoms with E-state index in [0.717, 1.165) is 29.9 Å². The highest BCUT2D eigenvalue weighted by Gasteiger charge is 2.52. The van der Waals surface area contributed by atoms with Crippen molar-refractivity contribution in [3.63, 3.8) is 0 Å². The van der Waals surface area contributed by atoms with Crippen molar-refractivity contribution in [1.29, 1.82) is 0 Å². The van der Waals surface area contributed by atoms with Crippen molar-refractivity contribution in [1.82, 2.24) is 0 Å². The van der Waals surface area contributed by atoms with Crippen molar-refractivity contribution in [2.45, 2.75) is 63.7 Å². The van der Waals surface area contributed by atoms with Crippen LogP contribution in [0, 0.1) is 17.8 Å². The van der Waals surface area contributed by atoms with Crippen LogP contribution in [0.5, 0.6) is 5.75 Å². The predicted molar refractivity (Wildman–Crippen MR) is 123 cm³/mol. The molecular weight excluding hydrogens is 384 g/mol. The number of rotatable bonds is 7. The maximum atomic E-state index is 11.6. The Bertz CT molecular complexity index is 908. The second-order valence-corrected chi connectivity index (χ2v) is 10.1. The molecule has 0 radical (unpaired) electrons. The lowest BCUT2D eigenvalue weighted by Crippen LogP contribution is -2.48. The van der Waals surface area contributed by atoms with Crippen LogP contribution in [0.2, 0.25) is 0 Å². The molecule has 0 heterocycles. The van der Waals surface area contributed by atoms with Crippen LogP contribution >= 0.6 is 0 Å². The van der Waals surface area contributed by atoms with Crippen LogP contribution in [0.4, 0.5) is 0 Å². The molecule has 3 heteroatoms. The molecule has 164 valence electrons. The van der Waals surface area contributed by atoms with E-state index in [2.05, 4.69) is 42.5 Å². The van der Waals surface area contributed by atoms with Crippen LogP contribution < -0.4 is 4.74 Å². The van der Waals surface area contributed by atoms with Crippen molar-refractivity contribution in [2.24, 2.45) is 17.8 Å². The third kappa shape index (κ3) is 4.00. The molecule has 3 nitrogen and oxygen atoms in total. The van der Waals surface area contributed by atoms with Crippen molar-refractivity contribution < 1.29 is 14.3 Å². The number of hydrogen-bond acceptors (Lipinski definition) is 3. The van der Waals surface area contributed by atoms with Crippen LogP contribution in [-0.4, -0.2) is 19.7 Å². The molecule has 4 fully saturated rings. The summed E-state index contributed by atoms with van der Waals surface area (Å²) in [6.07, 6.45) is 9.53. The van der Waals surface area contributed by atoms with Crippen LogP contribution in [0.1, 0.15) is 63.0 Å². The number of aryl methyl sites for hydroxylation is 1. The Hall–Kier alpha value is -2.29. The molecule has 0 aromatic heterocycles. The minimum absolute atomic E-state index is 0.123. The molecule has 0 N–H and O–H groups in total. The number of methoxy groups -OCH3 is 1. The lowest BCUT2D eigenvalue weighted by molar-refractivity contribution is -0.143. The van der Waals surface area contributed by atoms with Gasteiger partial charge in [0.25, 0.3) is 0 Å². The van der Waals surface area contributed by atoms with E-state index < -0.39 is 0 Å². The third-order valence-electron chi connectivity index (χ3n) is 8.02. The number of carbonyl (C=O) groups excluding carboxylic acids is 1. The predicted octanol–water partition coefficient (Wildman–Crippen LogP) is 6.33. The number of esters is 1. The van der Waals surface area contributed by atoms with Gasteiger partial charge in [-0.15, -0.1) is 0 Å².